The van der Waals surface area contributed by atoms with E-state index in [1.165, 1.54) is 0 Å². The van der Waals surface area contributed by atoms with Crippen LogP contribution >= 0.6 is 0 Å². The Balaban J connectivity index is 1.55. The molecule has 0 spiro atoms. The molecule has 118 valence electrons. The number of fused-ring (bicyclic) bond motifs is 1. The Labute approximate surface area is 134 Å². The number of nitrogens with zero attached hydrogens (tertiary/aromatic N) is 6. The van der Waals surface area contributed by atoms with Gasteiger partial charge in [0.2, 0.25) is 0 Å². The van der Waals surface area contributed by atoms with E-state index in [1.54, 1.807) is 24.9 Å². The first kappa shape index (κ1) is 14.2. The molecular formula is C16H18N6O. The number of anilines is 1. The van der Waals surface area contributed by atoms with E-state index in [9.17, 15) is 10.4 Å². The second kappa shape index (κ2) is 5.63. The second-order valence-corrected chi connectivity index (χ2v) is 6.38. The number of aromatic nitrogens is 4. The number of nitriles is 1. The van der Waals surface area contributed by atoms with Crippen LogP contribution in [0.5, 0.6) is 0 Å². The third kappa shape index (κ3) is 2.45. The molecular weight excluding hydrogens is 292 g/mol. The minimum absolute atomic E-state index is 0.0796. The van der Waals surface area contributed by atoms with Crippen LogP contribution in [-0.4, -0.2) is 43.8 Å². The first-order valence-corrected chi connectivity index (χ1v) is 7.88. The molecule has 4 atom stereocenters. The second-order valence-electron chi connectivity index (χ2n) is 6.38. The summed E-state index contributed by atoms with van der Waals surface area (Å²) in [5, 5.41) is 19.7. The molecule has 2 fully saturated rings. The normalized spacial score (nSPS) is 30.0. The average Bonchev–Trinajstić information content (AvgIpc) is 3.23. The fraction of sp³-hybridized carbons (Fsp3) is 0.500. The van der Waals surface area contributed by atoms with Gasteiger partial charge in [0.25, 0.3) is 0 Å². The molecule has 0 amide bonds. The van der Waals surface area contributed by atoms with Gasteiger partial charge in [-0.2, -0.15) is 5.26 Å². The minimum atomic E-state index is -0.359. The number of hydrogen-bond acceptors (Lipinski definition) is 6. The standard InChI is InChI=1S/C16H18N6O/c17-7-13-16(20-2-1-19-13)22-8-11-5-14(21-4-3-18-10-21)15(23)6-12(11)9-22/h1-4,10-12,14-15,23H,5-6,8-9H2/t11-,12+,14-,15-/m1/s1. The molecule has 7 nitrogen and oxygen atoms in total. The number of aliphatic hydroxyl groups excluding tert-OH is 1. The van der Waals surface area contributed by atoms with Crippen molar-refractivity contribution in [2.24, 2.45) is 11.8 Å². The van der Waals surface area contributed by atoms with E-state index in [2.05, 4.69) is 25.9 Å². The Hall–Kier alpha value is -2.46. The van der Waals surface area contributed by atoms with Crippen molar-refractivity contribution in [3.05, 3.63) is 36.8 Å². The lowest BCUT2D eigenvalue weighted by molar-refractivity contribution is 0.0358. The lowest BCUT2D eigenvalue weighted by Gasteiger charge is -2.35. The molecule has 2 aromatic heterocycles. The summed E-state index contributed by atoms with van der Waals surface area (Å²) < 4.78 is 2.01. The molecule has 1 saturated heterocycles. The lowest BCUT2D eigenvalue weighted by Crippen LogP contribution is -2.35. The van der Waals surface area contributed by atoms with E-state index >= 15 is 0 Å². The number of rotatable bonds is 2. The van der Waals surface area contributed by atoms with E-state index in [0.29, 0.717) is 23.3 Å². The summed E-state index contributed by atoms with van der Waals surface area (Å²) in [5.41, 5.74) is 0.373. The van der Waals surface area contributed by atoms with Gasteiger partial charge < -0.3 is 14.6 Å². The Morgan fingerprint density at radius 3 is 2.65 bits per heavy atom. The highest BCUT2D eigenvalue weighted by Gasteiger charge is 2.43. The number of aliphatic hydroxyl groups is 1. The molecule has 0 radical (unpaired) electrons. The molecule has 4 rings (SSSR count). The topological polar surface area (TPSA) is 90.9 Å². The fourth-order valence-corrected chi connectivity index (χ4v) is 4.01. The highest BCUT2D eigenvalue weighted by atomic mass is 16.3. The van der Waals surface area contributed by atoms with Gasteiger partial charge in [0.15, 0.2) is 11.5 Å². The molecule has 7 heteroatoms. The Bertz CT molecular complexity index is 724. The van der Waals surface area contributed by atoms with Crippen molar-refractivity contribution in [3.63, 3.8) is 0 Å². The smallest absolute Gasteiger partial charge is 0.183 e. The van der Waals surface area contributed by atoms with Gasteiger partial charge in [0.05, 0.1) is 18.5 Å². The SMILES string of the molecule is N#Cc1nccnc1N1C[C@H]2C[C@@H](n3ccnc3)[C@H](O)C[C@H]2C1. The summed E-state index contributed by atoms with van der Waals surface area (Å²) in [6, 6.07) is 2.20. The first-order chi connectivity index (χ1) is 11.3. The molecule has 3 heterocycles. The summed E-state index contributed by atoms with van der Waals surface area (Å²) in [6.45, 7) is 1.68. The van der Waals surface area contributed by atoms with E-state index in [-0.39, 0.29) is 12.1 Å². The average molecular weight is 310 g/mol. The maximum absolute atomic E-state index is 10.5. The van der Waals surface area contributed by atoms with Crippen molar-refractivity contribution in [3.8, 4) is 6.07 Å². The molecule has 1 N–H and O–H groups in total. The molecule has 0 unspecified atom stereocenters. The van der Waals surface area contributed by atoms with E-state index in [1.807, 2.05) is 10.8 Å². The summed E-state index contributed by atoms with van der Waals surface area (Å²) in [5.74, 6) is 1.58. The maximum Gasteiger partial charge on any atom is 0.183 e. The minimum Gasteiger partial charge on any atom is -0.391 e. The van der Waals surface area contributed by atoms with Gasteiger partial charge in [0.1, 0.15) is 6.07 Å². The van der Waals surface area contributed by atoms with E-state index in [0.717, 1.165) is 25.9 Å². The van der Waals surface area contributed by atoms with Crippen LogP contribution in [0.3, 0.4) is 0 Å². The van der Waals surface area contributed by atoms with Gasteiger partial charge in [-0.15, -0.1) is 0 Å². The summed E-state index contributed by atoms with van der Waals surface area (Å²) >= 11 is 0. The molecule has 1 saturated carbocycles. The Morgan fingerprint density at radius 1 is 1.13 bits per heavy atom. The molecule has 2 aliphatic rings. The van der Waals surface area contributed by atoms with Gasteiger partial charge in [0, 0.05) is 37.9 Å². The van der Waals surface area contributed by atoms with Gasteiger partial charge >= 0.3 is 0 Å². The molecule has 1 aliphatic carbocycles. The van der Waals surface area contributed by atoms with Crippen molar-refractivity contribution in [1.29, 1.82) is 5.26 Å². The Kier molecular flexibility index (Phi) is 3.46. The molecule has 2 aromatic rings. The third-order valence-electron chi connectivity index (χ3n) is 5.10. The molecule has 1 aliphatic heterocycles. The zero-order valence-electron chi connectivity index (χ0n) is 12.7. The van der Waals surface area contributed by atoms with Crippen LogP contribution in [0.2, 0.25) is 0 Å². The molecule has 0 aromatic carbocycles. The van der Waals surface area contributed by atoms with Crippen molar-refractivity contribution >= 4 is 5.82 Å². The van der Waals surface area contributed by atoms with Gasteiger partial charge in [-0.05, 0) is 24.7 Å². The maximum atomic E-state index is 10.5. The van der Waals surface area contributed by atoms with Crippen LogP contribution in [-0.2, 0) is 0 Å². The van der Waals surface area contributed by atoms with Crippen LogP contribution in [0.15, 0.2) is 31.1 Å². The van der Waals surface area contributed by atoms with Crippen molar-refractivity contribution in [1.82, 2.24) is 19.5 Å². The molecule has 23 heavy (non-hydrogen) atoms. The zero-order valence-corrected chi connectivity index (χ0v) is 12.7. The quantitative estimate of drug-likeness (QED) is 0.889. The zero-order chi connectivity index (χ0) is 15.8. The lowest BCUT2D eigenvalue weighted by atomic mass is 9.77. The van der Waals surface area contributed by atoms with Crippen molar-refractivity contribution < 1.29 is 5.11 Å². The third-order valence-corrected chi connectivity index (χ3v) is 5.10. The predicted octanol–water partition coefficient (Wildman–Crippen LogP) is 0.993. The van der Waals surface area contributed by atoms with Crippen LogP contribution in [0.25, 0.3) is 0 Å². The fourth-order valence-electron chi connectivity index (χ4n) is 4.01. The van der Waals surface area contributed by atoms with Crippen LogP contribution < -0.4 is 4.90 Å². The predicted molar refractivity (Wildman–Crippen MR) is 82.4 cm³/mol. The first-order valence-electron chi connectivity index (χ1n) is 7.88. The monoisotopic (exact) mass is 310 g/mol. The largest absolute Gasteiger partial charge is 0.391 e. The van der Waals surface area contributed by atoms with Crippen LogP contribution in [0.4, 0.5) is 5.82 Å². The van der Waals surface area contributed by atoms with Crippen LogP contribution in [0.1, 0.15) is 24.6 Å². The van der Waals surface area contributed by atoms with Gasteiger partial charge in [-0.25, -0.2) is 15.0 Å². The summed E-state index contributed by atoms with van der Waals surface area (Å²) in [7, 11) is 0. The van der Waals surface area contributed by atoms with E-state index in [4.69, 9.17) is 0 Å². The van der Waals surface area contributed by atoms with Crippen molar-refractivity contribution in [2.45, 2.75) is 25.0 Å². The summed E-state index contributed by atoms with van der Waals surface area (Å²) in [4.78, 5) is 14.7. The Morgan fingerprint density at radius 2 is 1.91 bits per heavy atom. The van der Waals surface area contributed by atoms with Gasteiger partial charge in [-0.3, -0.25) is 0 Å². The van der Waals surface area contributed by atoms with Crippen LogP contribution in [0, 0.1) is 23.2 Å². The van der Waals surface area contributed by atoms with E-state index < -0.39 is 0 Å². The number of hydrogen-bond donors (Lipinski definition) is 1. The highest BCUT2D eigenvalue weighted by Crippen LogP contribution is 2.42. The highest BCUT2D eigenvalue weighted by molar-refractivity contribution is 5.50. The summed E-state index contributed by atoms with van der Waals surface area (Å²) in [6.07, 6.45) is 9.94. The number of imidazole rings is 1. The van der Waals surface area contributed by atoms with Crippen molar-refractivity contribution in [2.75, 3.05) is 18.0 Å². The van der Waals surface area contributed by atoms with Gasteiger partial charge in [-0.1, -0.05) is 0 Å². The molecule has 0 bridgehead atoms.